The highest BCUT2D eigenvalue weighted by Gasteiger charge is 2.26. The van der Waals surface area contributed by atoms with Gasteiger partial charge in [0.2, 0.25) is 0 Å². The predicted octanol–water partition coefficient (Wildman–Crippen LogP) is 2.83. The van der Waals surface area contributed by atoms with E-state index in [9.17, 15) is 4.79 Å². The van der Waals surface area contributed by atoms with Crippen LogP contribution in [0.15, 0.2) is 23.3 Å². The number of carbonyl (C=O) groups excluding carboxylic acids is 1. The zero-order valence-corrected chi connectivity index (χ0v) is 13.5. The lowest BCUT2D eigenvalue weighted by atomic mass is 10.0. The molecule has 22 heavy (non-hydrogen) atoms. The number of anilines is 1. The molecule has 0 aliphatic carbocycles. The van der Waals surface area contributed by atoms with E-state index in [0.717, 1.165) is 29.8 Å². The van der Waals surface area contributed by atoms with E-state index >= 15 is 0 Å². The summed E-state index contributed by atoms with van der Waals surface area (Å²) >= 11 is 1.58. The van der Waals surface area contributed by atoms with Crippen molar-refractivity contribution in [2.45, 2.75) is 31.9 Å². The van der Waals surface area contributed by atoms with E-state index in [1.165, 1.54) is 0 Å². The van der Waals surface area contributed by atoms with Crippen LogP contribution in [0, 0.1) is 6.92 Å². The number of hydrogen-bond acceptors (Lipinski definition) is 4. The normalized spacial score (nSPS) is 21.5. The van der Waals surface area contributed by atoms with Gasteiger partial charge in [0.05, 0.1) is 23.9 Å². The van der Waals surface area contributed by atoms with E-state index in [1.807, 2.05) is 35.5 Å². The van der Waals surface area contributed by atoms with Crippen molar-refractivity contribution in [1.82, 2.24) is 14.9 Å². The zero-order chi connectivity index (χ0) is 15.5. The Balaban J connectivity index is 1.57. The molecule has 0 aromatic carbocycles. The topological polar surface area (TPSA) is 68.2 Å². The molecule has 2 amide bonds. The molecule has 118 valence electrons. The van der Waals surface area contributed by atoms with Crippen LogP contribution in [0.25, 0.3) is 0 Å². The molecular weight excluding hydrogens is 300 g/mol. The maximum absolute atomic E-state index is 12.1. The fourth-order valence-corrected chi connectivity index (χ4v) is 3.42. The summed E-state index contributed by atoms with van der Waals surface area (Å²) in [5, 5.41) is 9.90. The van der Waals surface area contributed by atoms with Gasteiger partial charge in [-0.1, -0.05) is 0 Å². The maximum atomic E-state index is 12.1. The second-order valence-electron chi connectivity index (χ2n) is 5.58. The number of aromatic nitrogens is 2. The number of imidazole rings is 1. The van der Waals surface area contributed by atoms with Crippen molar-refractivity contribution >= 4 is 23.1 Å². The Hall–Kier alpha value is -1.86. The number of urea groups is 1. The standard InChI is InChI=1S/C15H20N4O2S/c1-10-7-22-8-12(10)18-15(20)17-11-3-4-21-14(5-11)13-6-16-9-19(13)2/h6-9,11,14H,3-5H2,1-2H3,(H2,17,18,20)/t11-,14+/m1/s1. The molecule has 1 fully saturated rings. The van der Waals surface area contributed by atoms with E-state index in [2.05, 4.69) is 15.6 Å². The number of aryl methyl sites for hydroxylation is 2. The molecule has 2 atom stereocenters. The maximum Gasteiger partial charge on any atom is 0.319 e. The number of thiophene rings is 1. The number of nitrogens with zero attached hydrogens (tertiary/aromatic N) is 2. The van der Waals surface area contributed by atoms with Crippen molar-refractivity contribution in [3.05, 3.63) is 34.5 Å². The number of carbonyl (C=O) groups is 1. The molecule has 7 heteroatoms. The largest absolute Gasteiger partial charge is 0.372 e. The van der Waals surface area contributed by atoms with Gasteiger partial charge in [0.15, 0.2) is 0 Å². The van der Waals surface area contributed by atoms with Crippen LogP contribution in [-0.2, 0) is 11.8 Å². The van der Waals surface area contributed by atoms with Crippen molar-refractivity contribution in [3.8, 4) is 0 Å². The Morgan fingerprint density at radius 2 is 2.36 bits per heavy atom. The van der Waals surface area contributed by atoms with Crippen LogP contribution in [0.5, 0.6) is 0 Å². The molecule has 0 spiro atoms. The first-order valence-corrected chi connectivity index (χ1v) is 8.26. The van der Waals surface area contributed by atoms with Crippen LogP contribution >= 0.6 is 11.3 Å². The third-order valence-electron chi connectivity index (χ3n) is 3.91. The monoisotopic (exact) mass is 320 g/mol. The minimum Gasteiger partial charge on any atom is -0.372 e. The second kappa shape index (κ2) is 6.50. The van der Waals surface area contributed by atoms with E-state index in [-0.39, 0.29) is 18.2 Å². The van der Waals surface area contributed by atoms with Gasteiger partial charge in [0.25, 0.3) is 0 Å². The minimum absolute atomic E-state index is 0.0190. The quantitative estimate of drug-likeness (QED) is 0.914. The number of rotatable bonds is 3. The van der Waals surface area contributed by atoms with Gasteiger partial charge in [0, 0.05) is 25.1 Å². The van der Waals surface area contributed by atoms with Crippen molar-refractivity contribution in [2.24, 2.45) is 7.05 Å². The molecular formula is C15H20N4O2S. The van der Waals surface area contributed by atoms with Crippen LogP contribution in [0.2, 0.25) is 0 Å². The SMILES string of the molecule is Cc1cscc1NC(=O)N[C@@H]1CCO[C@H](c2cncn2C)C1. The molecule has 0 unspecified atom stereocenters. The number of hydrogen-bond donors (Lipinski definition) is 2. The fourth-order valence-electron chi connectivity index (χ4n) is 2.64. The van der Waals surface area contributed by atoms with Crippen LogP contribution in [-0.4, -0.2) is 28.2 Å². The molecule has 0 radical (unpaired) electrons. The van der Waals surface area contributed by atoms with E-state index < -0.39 is 0 Å². The van der Waals surface area contributed by atoms with Crippen LogP contribution in [0.1, 0.15) is 30.2 Å². The van der Waals surface area contributed by atoms with Gasteiger partial charge in [-0.15, -0.1) is 11.3 Å². The number of amides is 2. The van der Waals surface area contributed by atoms with Crippen molar-refractivity contribution in [2.75, 3.05) is 11.9 Å². The highest BCUT2D eigenvalue weighted by Crippen LogP contribution is 2.27. The first-order chi connectivity index (χ1) is 10.6. The van der Waals surface area contributed by atoms with Gasteiger partial charge >= 0.3 is 6.03 Å². The molecule has 0 bridgehead atoms. The van der Waals surface area contributed by atoms with E-state index in [4.69, 9.17) is 4.74 Å². The zero-order valence-electron chi connectivity index (χ0n) is 12.7. The molecule has 2 aromatic heterocycles. The first kappa shape index (κ1) is 15.1. The summed E-state index contributed by atoms with van der Waals surface area (Å²) in [6.07, 6.45) is 5.15. The lowest BCUT2D eigenvalue weighted by Crippen LogP contribution is -2.42. The molecule has 1 aliphatic heterocycles. The van der Waals surface area contributed by atoms with Gasteiger partial charge in [-0.25, -0.2) is 9.78 Å². The minimum atomic E-state index is -0.155. The molecule has 2 N–H and O–H groups in total. The highest BCUT2D eigenvalue weighted by atomic mass is 32.1. The molecule has 6 nitrogen and oxygen atoms in total. The summed E-state index contributed by atoms with van der Waals surface area (Å²) in [6.45, 7) is 2.62. The van der Waals surface area contributed by atoms with Crippen molar-refractivity contribution in [1.29, 1.82) is 0 Å². The predicted molar refractivity (Wildman–Crippen MR) is 86.1 cm³/mol. The average molecular weight is 320 g/mol. The molecule has 2 aromatic rings. The second-order valence-corrected chi connectivity index (χ2v) is 6.32. The molecule has 1 saturated heterocycles. The summed E-state index contributed by atoms with van der Waals surface area (Å²) in [5.74, 6) is 0. The molecule has 1 aliphatic rings. The summed E-state index contributed by atoms with van der Waals surface area (Å²) < 4.78 is 7.77. The third kappa shape index (κ3) is 3.31. The van der Waals surface area contributed by atoms with Gasteiger partial charge < -0.3 is 19.9 Å². The summed E-state index contributed by atoms with van der Waals surface area (Å²) in [6, 6.07) is -0.0512. The van der Waals surface area contributed by atoms with Crippen molar-refractivity contribution < 1.29 is 9.53 Å². The Morgan fingerprint density at radius 1 is 1.50 bits per heavy atom. The average Bonchev–Trinajstić information content (AvgIpc) is 3.08. The Bertz CT molecular complexity index is 652. The first-order valence-electron chi connectivity index (χ1n) is 7.31. The lowest BCUT2D eigenvalue weighted by Gasteiger charge is -2.30. The molecule has 0 saturated carbocycles. The van der Waals surface area contributed by atoms with Crippen molar-refractivity contribution in [3.63, 3.8) is 0 Å². The molecule has 3 heterocycles. The summed E-state index contributed by atoms with van der Waals surface area (Å²) in [5.41, 5.74) is 3.00. The Kier molecular flexibility index (Phi) is 4.44. The highest BCUT2D eigenvalue weighted by molar-refractivity contribution is 7.08. The van der Waals surface area contributed by atoms with Crippen LogP contribution in [0.3, 0.4) is 0 Å². The summed E-state index contributed by atoms with van der Waals surface area (Å²) in [7, 11) is 1.95. The Morgan fingerprint density at radius 3 is 3.05 bits per heavy atom. The lowest BCUT2D eigenvalue weighted by molar-refractivity contribution is -0.00151. The molecule has 3 rings (SSSR count). The van der Waals surface area contributed by atoms with E-state index in [0.29, 0.717) is 6.61 Å². The van der Waals surface area contributed by atoms with E-state index in [1.54, 1.807) is 17.7 Å². The third-order valence-corrected chi connectivity index (χ3v) is 4.77. The number of nitrogens with one attached hydrogen (secondary N) is 2. The fraction of sp³-hybridized carbons (Fsp3) is 0.467. The smallest absolute Gasteiger partial charge is 0.319 e. The van der Waals surface area contributed by atoms with Crippen LogP contribution in [0.4, 0.5) is 10.5 Å². The van der Waals surface area contributed by atoms with Gasteiger partial charge in [-0.2, -0.15) is 0 Å². The van der Waals surface area contributed by atoms with Gasteiger partial charge in [-0.3, -0.25) is 0 Å². The van der Waals surface area contributed by atoms with Gasteiger partial charge in [-0.05, 0) is 30.7 Å². The van der Waals surface area contributed by atoms with Crippen LogP contribution < -0.4 is 10.6 Å². The Labute approximate surface area is 133 Å². The summed E-state index contributed by atoms with van der Waals surface area (Å²) in [4.78, 5) is 16.2. The number of ether oxygens (including phenoxy) is 1. The van der Waals surface area contributed by atoms with Gasteiger partial charge in [0.1, 0.15) is 6.10 Å².